The third-order valence-electron chi connectivity index (χ3n) is 4.01. The molecular formula is C16H17NO2S. The summed E-state index contributed by atoms with van der Waals surface area (Å²) in [6, 6.07) is 12.2. The first kappa shape index (κ1) is 13.3. The lowest BCUT2D eigenvalue weighted by Crippen LogP contribution is -2.41. The predicted octanol–water partition coefficient (Wildman–Crippen LogP) is 3.98. The summed E-state index contributed by atoms with van der Waals surface area (Å²) in [7, 11) is 1.90. The van der Waals surface area contributed by atoms with Crippen LogP contribution in [-0.4, -0.2) is 22.9 Å². The van der Waals surface area contributed by atoms with Crippen molar-refractivity contribution in [3.63, 3.8) is 0 Å². The Bertz CT molecular complexity index is 665. The number of aliphatic carboxylic acids is 1. The second-order valence-electron chi connectivity index (χ2n) is 5.16. The van der Waals surface area contributed by atoms with Crippen LogP contribution in [0, 0.1) is 0 Å². The van der Waals surface area contributed by atoms with Gasteiger partial charge in [0.25, 0.3) is 0 Å². The van der Waals surface area contributed by atoms with Gasteiger partial charge in [0.05, 0.1) is 0 Å². The topological polar surface area (TPSA) is 49.3 Å². The van der Waals surface area contributed by atoms with Crippen molar-refractivity contribution >= 4 is 34.2 Å². The number of nitrogens with one attached hydrogen (secondary N) is 1. The van der Waals surface area contributed by atoms with Gasteiger partial charge in [0.1, 0.15) is 4.75 Å². The molecule has 0 aromatic heterocycles. The van der Waals surface area contributed by atoms with Gasteiger partial charge in [-0.3, -0.25) is 4.79 Å². The van der Waals surface area contributed by atoms with Gasteiger partial charge in [0.15, 0.2) is 0 Å². The van der Waals surface area contributed by atoms with Gasteiger partial charge >= 0.3 is 5.97 Å². The molecular weight excluding hydrogens is 270 g/mol. The monoisotopic (exact) mass is 287 g/mol. The highest BCUT2D eigenvalue weighted by Crippen LogP contribution is 2.49. The highest BCUT2D eigenvalue weighted by molar-refractivity contribution is 8.01. The van der Waals surface area contributed by atoms with Gasteiger partial charge < -0.3 is 10.4 Å². The zero-order valence-electron chi connectivity index (χ0n) is 11.3. The zero-order chi connectivity index (χ0) is 14.2. The molecule has 0 amide bonds. The normalized spacial score (nSPS) is 16.6. The number of thioether (sulfide) groups is 1. The number of carbonyl (C=O) groups is 1. The molecule has 0 atom stereocenters. The molecule has 2 N–H and O–H groups in total. The summed E-state index contributed by atoms with van der Waals surface area (Å²) in [5.41, 5.74) is 1.07. The van der Waals surface area contributed by atoms with E-state index < -0.39 is 10.7 Å². The third-order valence-corrected chi connectivity index (χ3v) is 5.56. The minimum absolute atomic E-state index is 0.621. The summed E-state index contributed by atoms with van der Waals surface area (Å²) >= 11 is 1.51. The number of carboxylic acid groups (broad SMARTS) is 1. The fraction of sp³-hybridized carbons (Fsp3) is 0.312. The molecule has 0 spiro atoms. The van der Waals surface area contributed by atoms with Gasteiger partial charge in [-0.2, -0.15) is 0 Å². The quantitative estimate of drug-likeness (QED) is 0.893. The molecule has 0 saturated heterocycles. The Kier molecular flexibility index (Phi) is 3.34. The van der Waals surface area contributed by atoms with E-state index in [0.29, 0.717) is 0 Å². The van der Waals surface area contributed by atoms with Crippen molar-refractivity contribution in [2.24, 2.45) is 0 Å². The van der Waals surface area contributed by atoms with Crippen LogP contribution in [0.25, 0.3) is 10.8 Å². The molecule has 104 valence electrons. The van der Waals surface area contributed by atoms with Gasteiger partial charge in [-0.05, 0) is 36.8 Å². The molecule has 20 heavy (non-hydrogen) atoms. The molecule has 2 aromatic carbocycles. The van der Waals surface area contributed by atoms with Crippen LogP contribution in [0.4, 0.5) is 5.69 Å². The molecule has 0 aliphatic heterocycles. The summed E-state index contributed by atoms with van der Waals surface area (Å²) in [5.74, 6) is -0.685. The van der Waals surface area contributed by atoms with Gasteiger partial charge in [-0.1, -0.05) is 24.3 Å². The van der Waals surface area contributed by atoms with Crippen LogP contribution in [0.2, 0.25) is 0 Å². The van der Waals surface area contributed by atoms with Gasteiger partial charge in [0, 0.05) is 23.0 Å². The average molecular weight is 287 g/mol. The van der Waals surface area contributed by atoms with Gasteiger partial charge in [-0.25, -0.2) is 0 Å². The highest BCUT2D eigenvalue weighted by Gasteiger charge is 2.45. The Morgan fingerprint density at radius 2 is 1.90 bits per heavy atom. The van der Waals surface area contributed by atoms with Crippen LogP contribution in [-0.2, 0) is 4.79 Å². The third kappa shape index (κ3) is 2.04. The summed E-state index contributed by atoms with van der Waals surface area (Å²) < 4.78 is -0.621. The fourth-order valence-corrected chi connectivity index (χ4v) is 4.07. The molecule has 0 heterocycles. The molecule has 1 aliphatic carbocycles. The Morgan fingerprint density at radius 3 is 2.45 bits per heavy atom. The van der Waals surface area contributed by atoms with E-state index in [0.717, 1.165) is 40.6 Å². The maximum Gasteiger partial charge on any atom is 0.320 e. The number of fused-ring (bicyclic) bond motifs is 1. The molecule has 0 unspecified atom stereocenters. The molecule has 1 aliphatic rings. The van der Waals surface area contributed by atoms with Crippen molar-refractivity contribution in [2.45, 2.75) is 28.9 Å². The molecule has 2 aromatic rings. The number of anilines is 1. The maximum atomic E-state index is 11.5. The number of benzene rings is 2. The van der Waals surface area contributed by atoms with E-state index in [1.165, 1.54) is 11.8 Å². The maximum absolute atomic E-state index is 11.5. The van der Waals surface area contributed by atoms with E-state index in [-0.39, 0.29) is 0 Å². The lowest BCUT2D eigenvalue weighted by atomic mass is 9.84. The van der Waals surface area contributed by atoms with Crippen LogP contribution in [0.1, 0.15) is 19.3 Å². The zero-order valence-corrected chi connectivity index (χ0v) is 12.2. The minimum Gasteiger partial charge on any atom is -0.480 e. The van der Waals surface area contributed by atoms with Crippen LogP contribution >= 0.6 is 11.8 Å². The summed E-state index contributed by atoms with van der Waals surface area (Å²) in [4.78, 5) is 12.6. The minimum atomic E-state index is -0.685. The Morgan fingerprint density at radius 1 is 1.20 bits per heavy atom. The summed E-state index contributed by atoms with van der Waals surface area (Å²) in [5, 5.41) is 14.9. The first-order valence-corrected chi connectivity index (χ1v) is 7.60. The average Bonchev–Trinajstić information content (AvgIpc) is 2.42. The van der Waals surface area contributed by atoms with E-state index in [1.807, 2.05) is 31.3 Å². The SMILES string of the molecule is CNc1ccc(SC2(C(=O)O)CCC2)c2ccccc12. The van der Waals surface area contributed by atoms with Crippen LogP contribution in [0.15, 0.2) is 41.3 Å². The second kappa shape index (κ2) is 5.02. The Hall–Kier alpha value is -1.68. The number of carboxylic acids is 1. The van der Waals surface area contributed by atoms with E-state index in [2.05, 4.69) is 17.4 Å². The van der Waals surface area contributed by atoms with Gasteiger partial charge in [0.2, 0.25) is 0 Å². The van der Waals surface area contributed by atoms with Crippen LogP contribution in [0.3, 0.4) is 0 Å². The lowest BCUT2D eigenvalue weighted by Gasteiger charge is -2.37. The molecule has 0 bridgehead atoms. The van der Waals surface area contributed by atoms with Crippen molar-refractivity contribution in [1.82, 2.24) is 0 Å². The molecule has 1 saturated carbocycles. The van der Waals surface area contributed by atoms with E-state index in [4.69, 9.17) is 0 Å². The Labute approximate surface area is 122 Å². The van der Waals surface area contributed by atoms with Crippen molar-refractivity contribution in [3.8, 4) is 0 Å². The van der Waals surface area contributed by atoms with Crippen molar-refractivity contribution < 1.29 is 9.90 Å². The predicted molar refractivity (Wildman–Crippen MR) is 83.6 cm³/mol. The van der Waals surface area contributed by atoms with E-state index in [9.17, 15) is 9.90 Å². The lowest BCUT2D eigenvalue weighted by molar-refractivity contribution is -0.142. The van der Waals surface area contributed by atoms with Crippen molar-refractivity contribution in [3.05, 3.63) is 36.4 Å². The van der Waals surface area contributed by atoms with E-state index >= 15 is 0 Å². The first-order valence-electron chi connectivity index (χ1n) is 6.78. The smallest absolute Gasteiger partial charge is 0.320 e. The summed E-state index contributed by atoms with van der Waals surface area (Å²) in [6.45, 7) is 0. The van der Waals surface area contributed by atoms with Gasteiger partial charge in [-0.15, -0.1) is 11.8 Å². The fourth-order valence-electron chi connectivity index (χ4n) is 2.65. The van der Waals surface area contributed by atoms with Crippen molar-refractivity contribution in [1.29, 1.82) is 0 Å². The molecule has 3 rings (SSSR count). The molecule has 0 radical (unpaired) electrons. The summed E-state index contributed by atoms with van der Waals surface area (Å²) in [6.07, 6.45) is 2.52. The Balaban J connectivity index is 2.06. The molecule has 4 heteroatoms. The number of hydrogen-bond donors (Lipinski definition) is 2. The van der Waals surface area contributed by atoms with Crippen molar-refractivity contribution in [2.75, 3.05) is 12.4 Å². The second-order valence-corrected chi connectivity index (χ2v) is 6.59. The number of rotatable bonds is 4. The highest BCUT2D eigenvalue weighted by atomic mass is 32.2. The number of hydrogen-bond acceptors (Lipinski definition) is 3. The first-order chi connectivity index (χ1) is 9.66. The standard InChI is InChI=1S/C16H17NO2S/c1-17-13-7-8-14(12-6-3-2-5-11(12)13)20-16(15(18)19)9-4-10-16/h2-3,5-8,17H,4,9-10H2,1H3,(H,18,19). The molecule has 1 fully saturated rings. The largest absolute Gasteiger partial charge is 0.480 e. The molecule has 3 nitrogen and oxygen atoms in total. The van der Waals surface area contributed by atoms with Crippen LogP contribution in [0.5, 0.6) is 0 Å². The van der Waals surface area contributed by atoms with E-state index in [1.54, 1.807) is 0 Å². The van der Waals surface area contributed by atoms with Crippen LogP contribution < -0.4 is 5.32 Å².